The van der Waals surface area contributed by atoms with Gasteiger partial charge in [0, 0.05) is 28.3 Å². The second-order valence-electron chi connectivity index (χ2n) is 5.83. The highest BCUT2D eigenvalue weighted by Crippen LogP contribution is 2.26. The van der Waals surface area contributed by atoms with Crippen molar-refractivity contribution in [2.75, 3.05) is 13.1 Å². The Hall–Kier alpha value is -1.00. The number of thioether (sulfide) groups is 1. The summed E-state index contributed by atoms with van der Waals surface area (Å²) in [6, 6.07) is 8.25. The van der Waals surface area contributed by atoms with Crippen LogP contribution in [0.4, 0.5) is 0 Å². The second-order valence-corrected chi connectivity index (χ2v) is 7.48. The van der Waals surface area contributed by atoms with Gasteiger partial charge in [-0.15, -0.1) is 11.8 Å². The molecular formula is C16H24N2OS. The first kappa shape index (κ1) is 15.4. The Labute approximate surface area is 125 Å². The molecule has 2 unspecified atom stereocenters. The number of amides is 1. The van der Waals surface area contributed by atoms with Gasteiger partial charge in [-0.2, -0.15) is 0 Å². The van der Waals surface area contributed by atoms with Crippen molar-refractivity contribution in [1.82, 2.24) is 4.90 Å². The van der Waals surface area contributed by atoms with Gasteiger partial charge in [0.25, 0.3) is 5.91 Å². The number of hydrogen-bond donors (Lipinski definition) is 1. The van der Waals surface area contributed by atoms with Gasteiger partial charge in [0.05, 0.1) is 0 Å². The number of rotatable bonds is 4. The average Bonchev–Trinajstić information content (AvgIpc) is 2.79. The average molecular weight is 292 g/mol. The number of hydrogen-bond acceptors (Lipinski definition) is 3. The van der Waals surface area contributed by atoms with Crippen molar-refractivity contribution in [2.45, 2.75) is 43.4 Å². The van der Waals surface area contributed by atoms with Crippen molar-refractivity contribution in [3.63, 3.8) is 0 Å². The van der Waals surface area contributed by atoms with E-state index in [-0.39, 0.29) is 5.91 Å². The number of carbonyl (C=O) groups is 1. The van der Waals surface area contributed by atoms with Gasteiger partial charge in [-0.1, -0.05) is 13.8 Å². The van der Waals surface area contributed by atoms with E-state index in [1.807, 2.05) is 40.9 Å². The Morgan fingerprint density at radius 2 is 2.05 bits per heavy atom. The molecule has 1 amide bonds. The van der Waals surface area contributed by atoms with Crippen LogP contribution in [0, 0.1) is 5.92 Å². The fraction of sp³-hybridized carbons (Fsp3) is 0.562. The first-order chi connectivity index (χ1) is 9.51. The van der Waals surface area contributed by atoms with Gasteiger partial charge in [-0.3, -0.25) is 4.79 Å². The van der Waals surface area contributed by atoms with Crippen molar-refractivity contribution in [2.24, 2.45) is 11.7 Å². The predicted octanol–water partition coefficient (Wildman–Crippen LogP) is 3.00. The van der Waals surface area contributed by atoms with E-state index in [0.29, 0.717) is 23.8 Å². The summed E-state index contributed by atoms with van der Waals surface area (Å²) in [7, 11) is 0. The fourth-order valence-corrected chi connectivity index (χ4v) is 3.55. The molecule has 0 bridgehead atoms. The normalized spacial score (nSPS) is 22.6. The third kappa shape index (κ3) is 3.55. The summed E-state index contributed by atoms with van der Waals surface area (Å²) < 4.78 is 0. The van der Waals surface area contributed by atoms with E-state index >= 15 is 0 Å². The number of benzene rings is 1. The molecule has 2 rings (SSSR count). The van der Waals surface area contributed by atoms with E-state index < -0.39 is 0 Å². The molecule has 0 saturated carbocycles. The minimum absolute atomic E-state index is 0.134. The molecule has 1 saturated heterocycles. The van der Waals surface area contributed by atoms with Crippen LogP contribution in [-0.4, -0.2) is 35.2 Å². The van der Waals surface area contributed by atoms with Gasteiger partial charge in [0.2, 0.25) is 0 Å². The highest BCUT2D eigenvalue weighted by atomic mass is 32.2. The van der Waals surface area contributed by atoms with Crippen LogP contribution in [0.15, 0.2) is 29.2 Å². The lowest BCUT2D eigenvalue weighted by Crippen LogP contribution is -2.34. The first-order valence-corrected chi connectivity index (χ1v) is 8.17. The Balaban J connectivity index is 2.06. The quantitative estimate of drug-likeness (QED) is 0.868. The molecule has 0 spiro atoms. The third-order valence-corrected chi connectivity index (χ3v) is 4.74. The number of nitrogens with zero attached hydrogens (tertiary/aromatic N) is 1. The maximum Gasteiger partial charge on any atom is 0.254 e. The predicted molar refractivity (Wildman–Crippen MR) is 85.1 cm³/mol. The minimum atomic E-state index is 0.134. The van der Waals surface area contributed by atoms with E-state index in [2.05, 4.69) is 20.8 Å². The van der Waals surface area contributed by atoms with Crippen molar-refractivity contribution >= 4 is 17.7 Å². The van der Waals surface area contributed by atoms with Crippen molar-refractivity contribution in [3.05, 3.63) is 29.8 Å². The smallest absolute Gasteiger partial charge is 0.254 e. The Kier molecular flexibility index (Phi) is 5.11. The zero-order valence-corrected chi connectivity index (χ0v) is 13.3. The summed E-state index contributed by atoms with van der Waals surface area (Å²) in [5.41, 5.74) is 6.50. The van der Waals surface area contributed by atoms with Crippen LogP contribution in [0.1, 0.15) is 37.6 Å². The zero-order valence-electron chi connectivity index (χ0n) is 12.5. The summed E-state index contributed by atoms with van der Waals surface area (Å²) in [4.78, 5) is 15.7. The summed E-state index contributed by atoms with van der Waals surface area (Å²) in [5.74, 6) is 0.583. The molecule has 4 heteroatoms. The van der Waals surface area contributed by atoms with Gasteiger partial charge in [0.1, 0.15) is 0 Å². The maximum atomic E-state index is 12.5. The minimum Gasteiger partial charge on any atom is -0.336 e. The molecule has 1 aliphatic heterocycles. The number of likely N-dealkylation sites (tertiary alicyclic amines) is 1. The summed E-state index contributed by atoms with van der Waals surface area (Å²) in [6.07, 6.45) is 1.02. The SMILES string of the molecule is CC(C)Sc1ccc(C(=O)N2CC(CN)CC2C)cc1. The van der Waals surface area contributed by atoms with E-state index in [1.54, 1.807) is 0 Å². The standard InChI is InChI=1S/C16H24N2OS/c1-11(2)20-15-6-4-14(5-7-15)16(19)18-10-13(9-17)8-12(18)3/h4-7,11-13H,8-10,17H2,1-3H3. The summed E-state index contributed by atoms with van der Waals surface area (Å²) >= 11 is 1.81. The molecule has 2 N–H and O–H groups in total. The Morgan fingerprint density at radius 1 is 1.40 bits per heavy atom. The lowest BCUT2D eigenvalue weighted by Gasteiger charge is -2.21. The van der Waals surface area contributed by atoms with Gasteiger partial charge in [-0.25, -0.2) is 0 Å². The van der Waals surface area contributed by atoms with Crippen molar-refractivity contribution in [1.29, 1.82) is 0 Å². The largest absolute Gasteiger partial charge is 0.336 e. The summed E-state index contributed by atoms with van der Waals surface area (Å²) in [5, 5.41) is 0.556. The highest BCUT2D eigenvalue weighted by molar-refractivity contribution is 7.99. The molecule has 0 aliphatic carbocycles. The molecule has 110 valence electrons. The van der Waals surface area contributed by atoms with Crippen LogP contribution in [0.2, 0.25) is 0 Å². The second kappa shape index (κ2) is 6.64. The Morgan fingerprint density at radius 3 is 2.55 bits per heavy atom. The molecule has 3 nitrogen and oxygen atoms in total. The van der Waals surface area contributed by atoms with Crippen LogP contribution in [0.5, 0.6) is 0 Å². The van der Waals surface area contributed by atoms with Crippen molar-refractivity contribution < 1.29 is 4.79 Å². The molecule has 0 aromatic heterocycles. The van der Waals surface area contributed by atoms with E-state index in [1.165, 1.54) is 4.90 Å². The van der Waals surface area contributed by atoms with E-state index in [9.17, 15) is 4.79 Å². The van der Waals surface area contributed by atoms with Crippen molar-refractivity contribution in [3.8, 4) is 0 Å². The lowest BCUT2D eigenvalue weighted by molar-refractivity contribution is 0.0743. The zero-order chi connectivity index (χ0) is 14.7. The Bertz CT molecular complexity index is 458. The molecule has 2 atom stereocenters. The molecular weight excluding hydrogens is 268 g/mol. The topological polar surface area (TPSA) is 46.3 Å². The molecule has 1 aliphatic rings. The van der Waals surface area contributed by atoms with Crippen LogP contribution in [-0.2, 0) is 0 Å². The monoisotopic (exact) mass is 292 g/mol. The van der Waals surface area contributed by atoms with Crippen LogP contribution in [0.25, 0.3) is 0 Å². The maximum absolute atomic E-state index is 12.5. The molecule has 1 heterocycles. The third-order valence-electron chi connectivity index (χ3n) is 3.73. The van der Waals surface area contributed by atoms with E-state index in [4.69, 9.17) is 5.73 Å². The van der Waals surface area contributed by atoms with E-state index in [0.717, 1.165) is 18.5 Å². The van der Waals surface area contributed by atoms with Crippen LogP contribution < -0.4 is 5.73 Å². The fourth-order valence-electron chi connectivity index (χ4n) is 2.71. The van der Waals surface area contributed by atoms with Gasteiger partial charge < -0.3 is 10.6 Å². The molecule has 1 fully saturated rings. The van der Waals surface area contributed by atoms with Gasteiger partial charge in [0.15, 0.2) is 0 Å². The molecule has 1 aromatic carbocycles. The molecule has 0 radical (unpaired) electrons. The highest BCUT2D eigenvalue weighted by Gasteiger charge is 2.31. The van der Waals surface area contributed by atoms with Gasteiger partial charge >= 0.3 is 0 Å². The van der Waals surface area contributed by atoms with Gasteiger partial charge in [-0.05, 0) is 50.1 Å². The van der Waals surface area contributed by atoms with Crippen LogP contribution in [0.3, 0.4) is 0 Å². The number of carbonyl (C=O) groups excluding carboxylic acids is 1. The molecule has 1 aromatic rings. The lowest BCUT2D eigenvalue weighted by atomic mass is 10.1. The number of nitrogens with two attached hydrogens (primary N) is 1. The molecule has 20 heavy (non-hydrogen) atoms. The van der Waals surface area contributed by atoms with Crippen LogP contribution >= 0.6 is 11.8 Å². The first-order valence-electron chi connectivity index (χ1n) is 7.29. The summed E-state index contributed by atoms with van der Waals surface area (Å²) in [6.45, 7) is 7.90.